The van der Waals surface area contributed by atoms with Crippen LogP contribution in [0.25, 0.3) is 0 Å². The van der Waals surface area contributed by atoms with Crippen molar-refractivity contribution < 1.29 is 14.4 Å². The van der Waals surface area contributed by atoms with Gasteiger partial charge in [0.25, 0.3) is 0 Å². The SMILES string of the molecule is Cn1ccnc1C(=O)c1ccc(NC(=O)C(=O)NC2CC(C)(C)NC(C)(C)C2)cc1. The number of imidazole rings is 1. The topological polar surface area (TPSA) is 105 Å². The van der Waals surface area contributed by atoms with Crippen molar-refractivity contribution >= 4 is 23.3 Å². The number of aryl methyl sites for hydroxylation is 1. The fourth-order valence-electron chi connectivity index (χ4n) is 4.28. The maximum atomic E-state index is 12.5. The summed E-state index contributed by atoms with van der Waals surface area (Å²) in [5, 5.41) is 8.98. The number of carbonyl (C=O) groups excluding carboxylic acids is 3. The Kier molecular flexibility index (Phi) is 5.81. The van der Waals surface area contributed by atoms with Crippen molar-refractivity contribution in [3.63, 3.8) is 0 Å². The van der Waals surface area contributed by atoms with E-state index in [1.54, 1.807) is 48.3 Å². The number of carbonyl (C=O) groups is 3. The van der Waals surface area contributed by atoms with Gasteiger partial charge in [0.2, 0.25) is 5.78 Å². The predicted octanol–water partition coefficient (Wildman–Crippen LogP) is 2.01. The van der Waals surface area contributed by atoms with Crippen LogP contribution >= 0.6 is 0 Å². The summed E-state index contributed by atoms with van der Waals surface area (Å²) in [4.78, 5) is 41.2. The van der Waals surface area contributed by atoms with Gasteiger partial charge in [-0.3, -0.25) is 14.4 Å². The summed E-state index contributed by atoms with van der Waals surface area (Å²) in [5.41, 5.74) is 0.626. The van der Waals surface area contributed by atoms with Crippen molar-refractivity contribution in [1.82, 2.24) is 20.2 Å². The highest BCUT2D eigenvalue weighted by Gasteiger charge is 2.38. The molecule has 0 atom stereocenters. The molecule has 3 N–H and O–H groups in total. The molecule has 1 aliphatic heterocycles. The van der Waals surface area contributed by atoms with Gasteiger partial charge in [-0.05, 0) is 64.8 Å². The minimum absolute atomic E-state index is 0.0905. The molecule has 0 spiro atoms. The summed E-state index contributed by atoms with van der Waals surface area (Å²) in [5.74, 6) is -1.28. The molecule has 3 rings (SSSR count). The van der Waals surface area contributed by atoms with Crippen LogP contribution in [0.5, 0.6) is 0 Å². The number of aromatic nitrogens is 2. The third-order valence-corrected chi connectivity index (χ3v) is 5.16. The van der Waals surface area contributed by atoms with E-state index in [0.717, 1.165) is 12.8 Å². The van der Waals surface area contributed by atoms with E-state index < -0.39 is 11.8 Å². The zero-order valence-electron chi connectivity index (χ0n) is 18.1. The van der Waals surface area contributed by atoms with E-state index in [2.05, 4.69) is 48.6 Å². The quantitative estimate of drug-likeness (QED) is 0.527. The monoisotopic (exact) mass is 411 g/mol. The first-order valence-electron chi connectivity index (χ1n) is 9.99. The number of hydrogen-bond acceptors (Lipinski definition) is 5. The highest BCUT2D eigenvalue weighted by Crippen LogP contribution is 2.28. The van der Waals surface area contributed by atoms with Crippen LogP contribution in [0.4, 0.5) is 5.69 Å². The lowest BCUT2D eigenvalue weighted by Crippen LogP contribution is -2.62. The molecule has 160 valence electrons. The number of rotatable bonds is 4. The van der Waals surface area contributed by atoms with Crippen molar-refractivity contribution in [2.24, 2.45) is 7.05 Å². The van der Waals surface area contributed by atoms with Crippen LogP contribution in [-0.4, -0.2) is 44.3 Å². The first kappa shape index (κ1) is 21.7. The number of hydrogen-bond donors (Lipinski definition) is 3. The number of amides is 2. The second-order valence-electron chi connectivity index (χ2n) is 9.19. The minimum atomic E-state index is -0.729. The van der Waals surface area contributed by atoms with Crippen molar-refractivity contribution in [3.05, 3.63) is 48.0 Å². The van der Waals surface area contributed by atoms with Gasteiger partial charge in [0.15, 0.2) is 5.82 Å². The lowest BCUT2D eigenvalue weighted by atomic mass is 9.79. The van der Waals surface area contributed by atoms with Gasteiger partial charge in [-0.15, -0.1) is 0 Å². The molecular weight excluding hydrogens is 382 g/mol. The van der Waals surface area contributed by atoms with Gasteiger partial charge in [0.1, 0.15) is 0 Å². The maximum Gasteiger partial charge on any atom is 0.313 e. The fourth-order valence-corrected chi connectivity index (χ4v) is 4.28. The molecule has 0 bridgehead atoms. The van der Waals surface area contributed by atoms with Crippen molar-refractivity contribution in [2.45, 2.75) is 57.7 Å². The van der Waals surface area contributed by atoms with E-state index in [-0.39, 0.29) is 22.9 Å². The maximum absolute atomic E-state index is 12.5. The van der Waals surface area contributed by atoms with Crippen LogP contribution in [-0.2, 0) is 16.6 Å². The highest BCUT2D eigenvalue weighted by molar-refractivity contribution is 6.39. The molecule has 8 heteroatoms. The molecule has 0 unspecified atom stereocenters. The van der Waals surface area contributed by atoms with E-state index in [1.807, 2.05) is 0 Å². The molecule has 30 heavy (non-hydrogen) atoms. The van der Waals surface area contributed by atoms with E-state index in [1.165, 1.54) is 0 Å². The second-order valence-corrected chi connectivity index (χ2v) is 9.19. The molecule has 0 aliphatic carbocycles. The zero-order chi connectivity index (χ0) is 22.1. The van der Waals surface area contributed by atoms with Crippen LogP contribution in [0.15, 0.2) is 36.7 Å². The summed E-state index contributed by atoms with van der Waals surface area (Å²) in [6.07, 6.45) is 4.73. The lowest BCUT2D eigenvalue weighted by Gasteiger charge is -2.46. The molecule has 1 saturated heterocycles. The molecule has 1 aromatic carbocycles. The van der Waals surface area contributed by atoms with E-state index in [9.17, 15) is 14.4 Å². The molecule has 8 nitrogen and oxygen atoms in total. The minimum Gasteiger partial charge on any atom is -0.345 e. The Morgan fingerprint density at radius 2 is 1.63 bits per heavy atom. The van der Waals surface area contributed by atoms with Crippen LogP contribution in [0, 0.1) is 0 Å². The van der Waals surface area contributed by atoms with Gasteiger partial charge in [-0.1, -0.05) is 0 Å². The van der Waals surface area contributed by atoms with E-state index in [0.29, 0.717) is 17.1 Å². The van der Waals surface area contributed by atoms with Crippen molar-refractivity contribution in [2.75, 3.05) is 5.32 Å². The summed E-state index contributed by atoms with van der Waals surface area (Å²) in [6.45, 7) is 8.34. The summed E-state index contributed by atoms with van der Waals surface area (Å²) >= 11 is 0. The largest absolute Gasteiger partial charge is 0.345 e. The second kappa shape index (κ2) is 8.02. The molecular formula is C22H29N5O3. The van der Waals surface area contributed by atoms with Crippen LogP contribution in [0.2, 0.25) is 0 Å². The van der Waals surface area contributed by atoms with Crippen LogP contribution in [0.3, 0.4) is 0 Å². The Labute approximate surface area is 176 Å². The van der Waals surface area contributed by atoms with Gasteiger partial charge in [0, 0.05) is 47.8 Å². The lowest BCUT2D eigenvalue weighted by molar-refractivity contribution is -0.137. The molecule has 1 aliphatic rings. The van der Waals surface area contributed by atoms with E-state index >= 15 is 0 Å². The molecule has 2 heterocycles. The highest BCUT2D eigenvalue weighted by atomic mass is 16.2. The smallest absolute Gasteiger partial charge is 0.313 e. The number of ketones is 1. The van der Waals surface area contributed by atoms with Crippen LogP contribution < -0.4 is 16.0 Å². The average Bonchev–Trinajstić information content (AvgIpc) is 3.05. The average molecular weight is 412 g/mol. The van der Waals surface area contributed by atoms with E-state index in [4.69, 9.17) is 0 Å². The summed E-state index contributed by atoms with van der Waals surface area (Å²) in [6, 6.07) is 6.30. The number of nitrogens with zero attached hydrogens (tertiary/aromatic N) is 2. The molecule has 2 aromatic rings. The standard InChI is InChI=1S/C22H29N5O3/c1-21(2)12-16(13-22(3,4)26-21)25-20(30)19(29)24-15-8-6-14(7-9-15)17(28)18-23-10-11-27(18)5/h6-11,16,26H,12-13H2,1-5H3,(H,24,29)(H,25,30). The summed E-state index contributed by atoms with van der Waals surface area (Å²) < 4.78 is 1.64. The first-order chi connectivity index (χ1) is 14.0. The Morgan fingerprint density at radius 1 is 1.03 bits per heavy atom. The van der Waals surface area contributed by atoms with Crippen LogP contribution in [0.1, 0.15) is 56.7 Å². The summed E-state index contributed by atoms with van der Waals surface area (Å²) in [7, 11) is 1.75. The fraction of sp³-hybridized carbons (Fsp3) is 0.455. The Hall–Kier alpha value is -3.00. The van der Waals surface area contributed by atoms with Gasteiger partial charge in [-0.25, -0.2) is 4.98 Å². The number of benzene rings is 1. The van der Waals surface area contributed by atoms with Gasteiger partial charge in [0.05, 0.1) is 0 Å². The third kappa shape index (κ3) is 5.13. The van der Waals surface area contributed by atoms with Crippen molar-refractivity contribution in [3.8, 4) is 0 Å². The third-order valence-electron chi connectivity index (χ3n) is 5.16. The Bertz CT molecular complexity index is 943. The molecule has 1 aromatic heterocycles. The predicted molar refractivity (Wildman–Crippen MR) is 114 cm³/mol. The molecule has 2 amide bonds. The van der Waals surface area contributed by atoms with Gasteiger partial charge in [-0.2, -0.15) is 0 Å². The molecule has 0 saturated carbocycles. The Balaban J connectivity index is 1.60. The number of nitrogens with one attached hydrogen (secondary N) is 3. The first-order valence-corrected chi connectivity index (χ1v) is 9.99. The number of anilines is 1. The number of piperidine rings is 1. The molecule has 1 fully saturated rings. The molecule has 0 radical (unpaired) electrons. The van der Waals surface area contributed by atoms with Gasteiger partial charge < -0.3 is 20.5 Å². The normalized spacial score (nSPS) is 17.9. The zero-order valence-corrected chi connectivity index (χ0v) is 18.1. The Morgan fingerprint density at radius 3 is 2.17 bits per heavy atom. The van der Waals surface area contributed by atoms with Gasteiger partial charge >= 0.3 is 11.8 Å². The van der Waals surface area contributed by atoms with Crippen molar-refractivity contribution in [1.29, 1.82) is 0 Å².